The first-order valence-corrected chi connectivity index (χ1v) is 13.9. The van der Waals surface area contributed by atoms with Crippen LogP contribution in [0.2, 0.25) is 0 Å². The lowest BCUT2D eigenvalue weighted by Crippen LogP contribution is -2.63. The van der Waals surface area contributed by atoms with E-state index in [1.807, 2.05) is 66.7 Å². The van der Waals surface area contributed by atoms with Gasteiger partial charge in [-0.1, -0.05) is 84.9 Å². The highest BCUT2D eigenvalue weighted by molar-refractivity contribution is 5.91. The molecule has 1 aliphatic heterocycles. The topological polar surface area (TPSA) is 108 Å². The number of rotatable bonds is 10. The highest BCUT2D eigenvalue weighted by Gasteiger charge is 2.44. The highest BCUT2D eigenvalue weighted by Crippen LogP contribution is 2.44. The summed E-state index contributed by atoms with van der Waals surface area (Å²) in [5.74, 6) is -1.77. The number of fused-ring (bicyclic) bond motifs is 3. The van der Waals surface area contributed by atoms with Crippen molar-refractivity contribution in [2.45, 2.75) is 43.3 Å². The molecular formula is C33H35N3O5. The number of carboxylic acids is 1. The fraction of sp³-hybridized carbons (Fsp3) is 0.303. The summed E-state index contributed by atoms with van der Waals surface area (Å²) in [6, 6.07) is 25.1. The zero-order chi connectivity index (χ0) is 28.8. The summed E-state index contributed by atoms with van der Waals surface area (Å²) < 4.78 is 5.61. The Morgan fingerprint density at radius 1 is 0.951 bits per heavy atom. The van der Waals surface area contributed by atoms with Gasteiger partial charge in [0, 0.05) is 25.6 Å². The van der Waals surface area contributed by atoms with Gasteiger partial charge < -0.3 is 20.5 Å². The minimum absolute atomic E-state index is 0.110. The van der Waals surface area contributed by atoms with Crippen LogP contribution in [-0.4, -0.2) is 59.3 Å². The van der Waals surface area contributed by atoms with Crippen LogP contribution in [0.25, 0.3) is 11.1 Å². The summed E-state index contributed by atoms with van der Waals surface area (Å²) in [6.07, 6.45) is 1.42. The van der Waals surface area contributed by atoms with E-state index in [0.29, 0.717) is 19.6 Å². The molecule has 1 aliphatic carbocycles. The Morgan fingerprint density at radius 3 is 2.12 bits per heavy atom. The minimum Gasteiger partial charge on any atom is -0.480 e. The van der Waals surface area contributed by atoms with Gasteiger partial charge in [-0.15, -0.1) is 6.58 Å². The molecule has 2 amide bonds. The Kier molecular flexibility index (Phi) is 8.50. The zero-order valence-corrected chi connectivity index (χ0v) is 22.9. The monoisotopic (exact) mass is 553 g/mol. The van der Waals surface area contributed by atoms with Crippen molar-refractivity contribution in [1.29, 1.82) is 0 Å². The fourth-order valence-electron chi connectivity index (χ4n) is 5.83. The van der Waals surface area contributed by atoms with Gasteiger partial charge in [-0.25, -0.2) is 9.59 Å². The van der Waals surface area contributed by atoms with Crippen molar-refractivity contribution in [3.63, 3.8) is 0 Å². The normalized spacial score (nSPS) is 16.6. The fourth-order valence-corrected chi connectivity index (χ4v) is 5.83. The van der Waals surface area contributed by atoms with Gasteiger partial charge in [-0.3, -0.25) is 9.69 Å². The lowest BCUT2D eigenvalue weighted by molar-refractivity contribution is -0.150. The van der Waals surface area contributed by atoms with Crippen molar-refractivity contribution in [2.24, 2.45) is 0 Å². The van der Waals surface area contributed by atoms with Crippen LogP contribution in [0.5, 0.6) is 0 Å². The van der Waals surface area contributed by atoms with Gasteiger partial charge >= 0.3 is 12.1 Å². The second-order valence-corrected chi connectivity index (χ2v) is 10.7. The number of amides is 2. The number of nitrogens with zero attached hydrogens (tertiary/aromatic N) is 1. The average molecular weight is 554 g/mol. The van der Waals surface area contributed by atoms with Crippen LogP contribution in [0.15, 0.2) is 91.5 Å². The molecule has 3 N–H and O–H groups in total. The zero-order valence-electron chi connectivity index (χ0n) is 22.9. The number of aliphatic carboxylic acids is 1. The smallest absolute Gasteiger partial charge is 0.407 e. The summed E-state index contributed by atoms with van der Waals surface area (Å²) >= 11 is 0. The van der Waals surface area contributed by atoms with E-state index in [4.69, 9.17) is 4.74 Å². The van der Waals surface area contributed by atoms with Crippen molar-refractivity contribution >= 4 is 18.0 Å². The quantitative estimate of drug-likeness (QED) is 0.314. The Balaban J connectivity index is 1.19. The van der Waals surface area contributed by atoms with Gasteiger partial charge in [-0.2, -0.15) is 0 Å². The molecule has 1 atom stereocenters. The van der Waals surface area contributed by atoms with E-state index in [1.165, 1.54) is 6.08 Å². The number of carbonyl (C=O) groups is 3. The van der Waals surface area contributed by atoms with Crippen molar-refractivity contribution < 1.29 is 24.2 Å². The molecule has 2 aliphatic rings. The number of ether oxygens (including phenoxy) is 1. The largest absolute Gasteiger partial charge is 0.480 e. The summed E-state index contributed by atoms with van der Waals surface area (Å²) in [5.41, 5.74) is 4.15. The number of piperidine rings is 1. The predicted octanol–water partition coefficient (Wildman–Crippen LogP) is 4.71. The molecule has 1 unspecified atom stereocenters. The Hall–Kier alpha value is -4.43. The van der Waals surface area contributed by atoms with Crippen LogP contribution in [0.1, 0.15) is 41.9 Å². The number of carboxylic acid groups (broad SMARTS) is 1. The molecule has 3 aromatic carbocycles. The molecular weight excluding hydrogens is 518 g/mol. The maximum atomic E-state index is 13.3. The molecule has 0 bridgehead atoms. The molecule has 0 radical (unpaired) electrons. The van der Waals surface area contributed by atoms with E-state index in [9.17, 15) is 19.5 Å². The van der Waals surface area contributed by atoms with Crippen molar-refractivity contribution in [1.82, 2.24) is 15.5 Å². The highest BCUT2D eigenvalue weighted by atomic mass is 16.5. The van der Waals surface area contributed by atoms with Crippen molar-refractivity contribution in [2.75, 3.05) is 19.7 Å². The van der Waals surface area contributed by atoms with Crippen LogP contribution in [0.3, 0.4) is 0 Å². The maximum absolute atomic E-state index is 13.3. The molecule has 5 rings (SSSR count). The van der Waals surface area contributed by atoms with Gasteiger partial charge in [0.25, 0.3) is 0 Å². The van der Waals surface area contributed by atoms with Crippen LogP contribution >= 0.6 is 0 Å². The number of hydrogen-bond acceptors (Lipinski definition) is 5. The summed E-state index contributed by atoms with van der Waals surface area (Å²) in [5, 5.41) is 15.5. The molecule has 0 spiro atoms. The van der Waals surface area contributed by atoms with E-state index in [2.05, 4.69) is 34.2 Å². The van der Waals surface area contributed by atoms with E-state index in [-0.39, 0.29) is 31.8 Å². The van der Waals surface area contributed by atoms with Gasteiger partial charge in [0.2, 0.25) is 5.91 Å². The van der Waals surface area contributed by atoms with Gasteiger partial charge in [0.05, 0.1) is 0 Å². The molecule has 3 aromatic rings. The lowest BCUT2D eigenvalue weighted by Gasteiger charge is -2.40. The number of likely N-dealkylation sites (tertiary alicyclic amines) is 1. The SMILES string of the molecule is C=CCC(NC(=O)OCC1c2ccccc2-c2ccccc21)C(=O)NC1(C(=O)O)CCN(Cc2ccccc2)CC1. The minimum atomic E-state index is -1.41. The molecule has 8 heteroatoms. The number of carbonyl (C=O) groups excluding carboxylic acids is 2. The van der Waals surface area contributed by atoms with E-state index < -0.39 is 29.6 Å². The first-order chi connectivity index (χ1) is 19.9. The first-order valence-electron chi connectivity index (χ1n) is 13.9. The standard InChI is InChI=1S/C33H35N3O5/c1-2-10-29(30(37)35-33(31(38)39)17-19-36(20-18-33)21-23-11-4-3-5-12-23)34-32(40)41-22-28-26-15-8-6-13-24(26)25-14-7-9-16-27(25)28/h2-9,11-16,28-29H,1,10,17-22H2,(H,34,40)(H,35,37)(H,38,39). The Morgan fingerprint density at radius 2 is 1.54 bits per heavy atom. The molecule has 0 saturated carbocycles. The molecule has 41 heavy (non-hydrogen) atoms. The summed E-state index contributed by atoms with van der Waals surface area (Å²) in [4.78, 5) is 40.7. The molecule has 1 heterocycles. The molecule has 1 saturated heterocycles. The van der Waals surface area contributed by atoms with Gasteiger partial charge in [0.15, 0.2) is 0 Å². The van der Waals surface area contributed by atoms with Gasteiger partial charge in [-0.05, 0) is 47.1 Å². The predicted molar refractivity (Wildman–Crippen MR) is 156 cm³/mol. The Bertz CT molecular complexity index is 1370. The van der Waals surface area contributed by atoms with E-state index in [0.717, 1.165) is 27.8 Å². The molecule has 212 valence electrons. The molecule has 8 nitrogen and oxygen atoms in total. The third-order valence-corrected chi connectivity index (χ3v) is 8.09. The van der Waals surface area contributed by atoms with Crippen molar-refractivity contribution in [3.8, 4) is 11.1 Å². The summed E-state index contributed by atoms with van der Waals surface area (Å²) in [6.45, 7) is 5.57. The number of alkyl carbamates (subject to hydrolysis) is 1. The second kappa shape index (κ2) is 12.4. The second-order valence-electron chi connectivity index (χ2n) is 10.7. The van der Waals surface area contributed by atoms with E-state index >= 15 is 0 Å². The lowest BCUT2D eigenvalue weighted by atomic mass is 9.86. The number of hydrogen-bond donors (Lipinski definition) is 3. The van der Waals surface area contributed by atoms with Crippen LogP contribution in [0, 0.1) is 0 Å². The number of nitrogens with one attached hydrogen (secondary N) is 2. The molecule has 1 fully saturated rings. The van der Waals surface area contributed by atoms with Crippen LogP contribution in [-0.2, 0) is 20.9 Å². The van der Waals surface area contributed by atoms with Crippen molar-refractivity contribution in [3.05, 3.63) is 108 Å². The van der Waals surface area contributed by atoms with Crippen LogP contribution in [0.4, 0.5) is 4.79 Å². The first kappa shape index (κ1) is 28.1. The Labute approximate surface area is 240 Å². The molecule has 0 aromatic heterocycles. The average Bonchev–Trinajstić information content (AvgIpc) is 3.31. The third kappa shape index (κ3) is 6.18. The summed E-state index contributed by atoms with van der Waals surface area (Å²) in [7, 11) is 0. The third-order valence-electron chi connectivity index (χ3n) is 8.09. The van der Waals surface area contributed by atoms with Gasteiger partial charge in [0.1, 0.15) is 18.2 Å². The number of benzene rings is 3. The maximum Gasteiger partial charge on any atom is 0.407 e. The van der Waals surface area contributed by atoms with Crippen LogP contribution < -0.4 is 10.6 Å². The van der Waals surface area contributed by atoms with E-state index in [1.54, 1.807) is 0 Å².